The van der Waals surface area contributed by atoms with Gasteiger partial charge in [0.1, 0.15) is 17.5 Å². The van der Waals surface area contributed by atoms with Crippen LogP contribution in [0.5, 0.6) is 0 Å². The van der Waals surface area contributed by atoms with Crippen LogP contribution in [0.1, 0.15) is 36.8 Å². The number of hydrogen-bond donors (Lipinski definition) is 3. The number of nitrogens with zero attached hydrogens (tertiary/aromatic N) is 1. The lowest BCUT2D eigenvalue weighted by Gasteiger charge is -2.38. The minimum absolute atomic E-state index is 0.0485. The second kappa shape index (κ2) is 12.5. The molecule has 1 aromatic heterocycles. The van der Waals surface area contributed by atoms with Crippen molar-refractivity contribution in [3.8, 4) is 0 Å². The Hall–Kier alpha value is -2.78. The average molecular weight is 501 g/mol. The minimum atomic E-state index is -0.901. The Bertz CT molecular complexity index is 1190. The average Bonchev–Trinajstić information content (AvgIpc) is 2.88. The van der Waals surface area contributed by atoms with Crippen LogP contribution in [-0.4, -0.2) is 52.7 Å². The van der Waals surface area contributed by atoms with E-state index in [9.17, 15) is 23.4 Å². The Labute approximate surface area is 208 Å². The van der Waals surface area contributed by atoms with Crippen molar-refractivity contribution in [1.29, 1.82) is 0 Å². The number of ether oxygens (including phenoxy) is 1. The molecule has 1 aliphatic rings. The maximum absolute atomic E-state index is 13.8. The van der Waals surface area contributed by atoms with Crippen LogP contribution in [0.3, 0.4) is 0 Å². The van der Waals surface area contributed by atoms with E-state index in [1.807, 2.05) is 6.07 Å². The summed E-state index contributed by atoms with van der Waals surface area (Å²) in [5.41, 5.74) is 1.93. The molecule has 3 N–H and O–H groups in total. The molecule has 0 amide bonds. The third kappa shape index (κ3) is 6.91. The molecule has 0 bridgehead atoms. The predicted octanol–water partition coefficient (Wildman–Crippen LogP) is 4.55. The van der Waals surface area contributed by atoms with Gasteiger partial charge in [0, 0.05) is 36.2 Å². The van der Waals surface area contributed by atoms with Gasteiger partial charge >= 0.3 is 0 Å². The number of aliphatic hydroxyl groups is 2. The van der Waals surface area contributed by atoms with Gasteiger partial charge in [-0.2, -0.15) is 0 Å². The molecule has 0 aliphatic carbocycles. The third-order valence-electron chi connectivity index (χ3n) is 6.61. The highest BCUT2D eigenvalue weighted by Gasteiger charge is 2.32. The van der Waals surface area contributed by atoms with E-state index in [1.165, 1.54) is 18.2 Å². The summed E-state index contributed by atoms with van der Waals surface area (Å²) in [6, 6.07) is 9.71. The van der Waals surface area contributed by atoms with Gasteiger partial charge in [0.25, 0.3) is 0 Å². The molecule has 36 heavy (non-hydrogen) atoms. The van der Waals surface area contributed by atoms with Gasteiger partial charge < -0.3 is 20.3 Å². The van der Waals surface area contributed by atoms with E-state index in [0.717, 1.165) is 53.9 Å². The summed E-state index contributed by atoms with van der Waals surface area (Å²) >= 11 is 0. The molecule has 0 spiro atoms. The Morgan fingerprint density at radius 2 is 1.89 bits per heavy atom. The Kier molecular flexibility index (Phi) is 9.09. The summed E-state index contributed by atoms with van der Waals surface area (Å²) in [5, 5.41) is 23.5. The fraction of sp³-hybridized carbons (Fsp3) is 0.393. The number of fused-ring (bicyclic) bond motifs is 1. The van der Waals surface area contributed by atoms with E-state index in [1.54, 1.807) is 18.3 Å². The monoisotopic (exact) mass is 500 g/mol. The van der Waals surface area contributed by atoms with Crippen molar-refractivity contribution in [1.82, 2.24) is 10.3 Å². The van der Waals surface area contributed by atoms with Crippen molar-refractivity contribution in [2.75, 3.05) is 13.2 Å². The lowest BCUT2D eigenvalue weighted by atomic mass is 9.92. The summed E-state index contributed by atoms with van der Waals surface area (Å²) in [6.45, 7) is 0.0551. The summed E-state index contributed by atoms with van der Waals surface area (Å²) in [5.74, 6) is -1.30. The molecule has 5 nitrogen and oxygen atoms in total. The second-order valence-electron chi connectivity index (χ2n) is 9.20. The van der Waals surface area contributed by atoms with Gasteiger partial charge in [-0.15, -0.1) is 0 Å². The first-order valence-corrected chi connectivity index (χ1v) is 12.3. The zero-order valence-electron chi connectivity index (χ0n) is 19.9. The highest BCUT2D eigenvalue weighted by molar-refractivity contribution is 5.81. The van der Waals surface area contributed by atoms with Gasteiger partial charge in [-0.25, -0.2) is 13.2 Å². The molecule has 2 aromatic carbocycles. The summed E-state index contributed by atoms with van der Waals surface area (Å²) < 4.78 is 47.3. The van der Waals surface area contributed by atoms with Crippen LogP contribution in [0.25, 0.3) is 17.0 Å². The Morgan fingerprint density at radius 1 is 1.08 bits per heavy atom. The molecule has 3 aromatic rings. The molecule has 4 rings (SSSR count). The number of aliphatic hydroxyl groups excluding tert-OH is 2. The third-order valence-corrected chi connectivity index (χ3v) is 6.61. The van der Waals surface area contributed by atoms with E-state index in [2.05, 4.69) is 10.3 Å². The van der Waals surface area contributed by atoms with E-state index >= 15 is 0 Å². The normalized spacial score (nSPS) is 21.3. The number of rotatable bonds is 10. The summed E-state index contributed by atoms with van der Waals surface area (Å²) in [6.07, 6.45) is 6.98. The number of hydrogen-bond acceptors (Lipinski definition) is 5. The molecule has 0 unspecified atom stereocenters. The predicted molar refractivity (Wildman–Crippen MR) is 133 cm³/mol. The Morgan fingerprint density at radius 3 is 2.72 bits per heavy atom. The molecular formula is C28H31F3N2O3. The van der Waals surface area contributed by atoms with Crippen molar-refractivity contribution in [3.05, 3.63) is 83.3 Å². The topological polar surface area (TPSA) is 74.6 Å². The summed E-state index contributed by atoms with van der Waals surface area (Å²) in [7, 11) is 0. The molecule has 1 aliphatic heterocycles. The number of benzene rings is 2. The van der Waals surface area contributed by atoms with Crippen molar-refractivity contribution in [2.45, 2.75) is 56.5 Å². The number of nitrogens with one attached hydrogen (secondary N) is 1. The van der Waals surface area contributed by atoms with E-state index in [4.69, 9.17) is 4.74 Å². The molecule has 8 heteroatoms. The fourth-order valence-corrected chi connectivity index (χ4v) is 4.73. The van der Waals surface area contributed by atoms with Crippen LogP contribution in [0.4, 0.5) is 13.2 Å². The highest BCUT2D eigenvalue weighted by Crippen LogP contribution is 2.27. The van der Waals surface area contributed by atoms with Crippen molar-refractivity contribution < 1.29 is 28.1 Å². The molecule has 2 heterocycles. The maximum Gasteiger partial charge on any atom is 0.130 e. The first-order chi connectivity index (χ1) is 17.4. The molecule has 192 valence electrons. The van der Waals surface area contributed by atoms with Crippen molar-refractivity contribution in [2.24, 2.45) is 0 Å². The van der Waals surface area contributed by atoms with Gasteiger partial charge in [0.2, 0.25) is 0 Å². The lowest BCUT2D eigenvalue weighted by molar-refractivity contribution is -0.0917. The smallest absolute Gasteiger partial charge is 0.130 e. The van der Waals surface area contributed by atoms with Crippen LogP contribution in [-0.2, 0) is 11.2 Å². The van der Waals surface area contributed by atoms with E-state index in [0.29, 0.717) is 13.0 Å². The molecule has 0 saturated carbocycles. The quantitative estimate of drug-likeness (QED) is 0.381. The standard InChI is InChI=1S/C28H31F3N2O3/c29-20-4-8-25(31)19(14-20)2-1-12-32-27-10-7-23(36-28(27)16-22(35)17-34)6-3-18-11-13-33-26-9-5-21(30)15-24(18)26/h1-2,4-5,8-9,11,13-15,22-23,27-28,32,34-35H,3,6-7,10,12,16-17H2/t22-,23+,27+,28+/m0/s1. The number of aromatic nitrogens is 1. The van der Waals surface area contributed by atoms with Gasteiger partial charge in [-0.3, -0.25) is 4.98 Å². The number of pyridine rings is 1. The van der Waals surface area contributed by atoms with Crippen LogP contribution in [0, 0.1) is 17.5 Å². The van der Waals surface area contributed by atoms with Crippen LogP contribution < -0.4 is 5.32 Å². The van der Waals surface area contributed by atoms with Crippen LogP contribution in [0.15, 0.2) is 54.7 Å². The molecule has 0 radical (unpaired) electrons. The second-order valence-corrected chi connectivity index (χ2v) is 9.20. The van der Waals surface area contributed by atoms with Crippen molar-refractivity contribution in [3.63, 3.8) is 0 Å². The highest BCUT2D eigenvalue weighted by atomic mass is 19.1. The number of aryl methyl sites for hydroxylation is 1. The zero-order valence-corrected chi connectivity index (χ0v) is 19.9. The number of halogens is 3. The molecule has 1 fully saturated rings. The first kappa shape index (κ1) is 26.3. The maximum atomic E-state index is 13.8. The van der Waals surface area contributed by atoms with Crippen LogP contribution >= 0.6 is 0 Å². The zero-order chi connectivity index (χ0) is 25.5. The minimum Gasteiger partial charge on any atom is -0.394 e. The Balaban J connectivity index is 1.36. The van der Waals surface area contributed by atoms with E-state index < -0.39 is 17.7 Å². The SMILES string of the molecule is OC[C@@H](O)C[C@H]1O[C@H](CCc2ccnc3ccc(F)cc23)CC[C@H]1NCC=Cc1cc(F)ccc1F. The first-order valence-electron chi connectivity index (χ1n) is 12.3. The lowest BCUT2D eigenvalue weighted by Crippen LogP contribution is -2.49. The van der Waals surface area contributed by atoms with Gasteiger partial charge in [-0.1, -0.05) is 12.2 Å². The molecule has 4 atom stereocenters. The van der Waals surface area contributed by atoms with Crippen molar-refractivity contribution >= 4 is 17.0 Å². The molecular weight excluding hydrogens is 469 g/mol. The van der Waals surface area contributed by atoms with Gasteiger partial charge in [0.15, 0.2) is 0 Å². The van der Waals surface area contributed by atoms with Gasteiger partial charge in [-0.05, 0) is 73.7 Å². The largest absolute Gasteiger partial charge is 0.394 e. The van der Waals surface area contributed by atoms with E-state index in [-0.39, 0.29) is 42.7 Å². The fourth-order valence-electron chi connectivity index (χ4n) is 4.73. The van der Waals surface area contributed by atoms with Crippen LogP contribution in [0.2, 0.25) is 0 Å². The molecule has 1 saturated heterocycles. The van der Waals surface area contributed by atoms with Gasteiger partial charge in [0.05, 0.1) is 30.4 Å². The summed E-state index contributed by atoms with van der Waals surface area (Å²) in [4.78, 5) is 4.30.